The van der Waals surface area contributed by atoms with Crippen LogP contribution in [0.25, 0.3) is 0 Å². The van der Waals surface area contributed by atoms with Crippen molar-refractivity contribution in [3.05, 3.63) is 18.0 Å². The SMILES string of the molecule is CCN=C(NC1C2CCOC2C12CCCC2)N1CCC(Cc2cnn(C)c2)C1.I. The van der Waals surface area contributed by atoms with Gasteiger partial charge in [0.25, 0.3) is 0 Å². The Balaban J connectivity index is 0.00000205. The van der Waals surface area contributed by atoms with Crippen molar-refractivity contribution in [2.75, 3.05) is 26.2 Å². The van der Waals surface area contributed by atoms with Gasteiger partial charge >= 0.3 is 0 Å². The summed E-state index contributed by atoms with van der Waals surface area (Å²) in [4.78, 5) is 7.43. The molecule has 4 unspecified atom stereocenters. The molecule has 1 aromatic heterocycles. The van der Waals surface area contributed by atoms with Gasteiger partial charge in [-0.2, -0.15) is 5.10 Å². The van der Waals surface area contributed by atoms with Crippen molar-refractivity contribution < 1.29 is 4.74 Å². The monoisotopic (exact) mass is 513 g/mol. The summed E-state index contributed by atoms with van der Waals surface area (Å²) in [5.74, 6) is 2.53. The van der Waals surface area contributed by atoms with Gasteiger partial charge in [-0.1, -0.05) is 12.8 Å². The van der Waals surface area contributed by atoms with Gasteiger partial charge in [-0.25, -0.2) is 0 Å². The number of rotatable bonds is 4. The molecular formula is C22H36IN5O. The van der Waals surface area contributed by atoms with Gasteiger partial charge in [-0.05, 0) is 50.5 Å². The largest absolute Gasteiger partial charge is 0.377 e. The second-order valence-corrected chi connectivity index (χ2v) is 9.43. The highest BCUT2D eigenvalue weighted by atomic mass is 127. The molecule has 4 atom stereocenters. The number of fused-ring (bicyclic) bond motifs is 2. The summed E-state index contributed by atoms with van der Waals surface area (Å²) in [5.41, 5.74) is 1.73. The van der Waals surface area contributed by atoms with Crippen LogP contribution in [0.4, 0.5) is 0 Å². The van der Waals surface area contributed by atoms with Crippen LogP contribution in [0.1, 0.15) is 51.0 Å². The van der Waals surface area contributed by atoms with Crippen molar-refractivity contribution in [2.24, 2.45) is 29.3 Å². The third-order valence-corrected chi connectivity index (χ3v) is 7.75. The van der Waals surface area contributed by atoms with Gasteiger partial charge < -0.3 is 15.0 Å². The van der Waals surface area contributed by atoms with Crippen molar-refractivity contribution in [1.82, 2.24) is 20.0 Å². The van der Waals surface area contributed by atoms with Crippen molar-refractivity contribution in [1.29, 1.82) is 0 Å². The minimum Gasteiger partial charge on any atom is -0.377 e. The number of aliphatic imine (C=N–C) groups is 1. The number of likely N-dealkylation sites (tertiary alicyclic amines) is 1. The lowest BCUT2D eigenvalue weighted by molar-refractivity contribution is -0.125. The maximum absolute atomic E-state index is 6.17. The van der Waals surface area contributed by atoms with Crippen LogP contribution in [-0.4, -0.2) is 59.0 Å². The molecule has 0 bridgehead atoms. The van der Waals surface area contributed by atoms with E-state index in [4.69, 9.17) is 9.73 Å². The molecule has 3 heterocycles. The Labute approximate surface area is 191 Å². The first kappa shape index (κ1) is 21.4. The van der Waals surface area contributed by atoms with Gasteiger partial charge in [-0.3, -0.25) is 9.67 Å². The summed E-state index contributed by atoms with van der Waals surface area (Å²) in [5, 5.41) is 8.30. The van der Waals surface area contributed by atoms with Crippen molar-refractivity contribution in [3.63, 3.8) is 0 Å². The van der Waals surface area contributed by atoms with Crippen molar-refractivity contribution >= 4 is 29.9 Å². The topological polar surface area (TPSA) is 54.7 Å². The van der Waals surface area contributed by atoms with Crippen LogP contribution >= 0.6 is 24.0 Å². The molecular weight excluding hydrogens is 477 g/mol. The molecule has 2 aliphatic carbocycles. The van der Waals surface area contributed by atoms with Gasteiger partial charge in [0, 0.05) is 56.9 Å². The van der Waals surface area contributed by atoms with E-state index >= 15 is 0 Å². The lowest BCUT2D eigenvalue weighted by Crippen LogP contribution is -2.69. The summed E-state index contributed by atoms with van der Waals surface area (Å²) in [6.07, 6.45) is 13.6. The second-order valence-electron chi connectivity index (χ2n) is 9.43. The zero-order valence-electron chi connectivity index (χ0n) is 17.8. The smallest absolute Gasteiger partial charge is 0.194 e. The third kappa shape index (κ3) is 3.82. The van der Waals surface area contributed by atoms with Crippen LogP contribution in [0.2, 0.25) is 0 Å². The minimum absolute atomic E-state index is 0. The highest BCUT2D eigenvalue weighted by Crippen LogP contribution is 2.60. The fraction of sp³-hybridized carbons (Fsp3) is 0.818. The highest BCUT2D eigenvalue weighted by Gasteiger charge is 2.65. The van der Waals surface area contributed by atoms with E-state index in [1.165, 1.54) is 44.1 Å². The van der Waals surface area contributed by atoms with E-state index in [0.717, 1.165) is 38.6 Å². The molecule has 7 heteroatoms. The van der Waals surface area contributed by atoms with Gasteiger partial charge in [0.15, 0.2) is 5.96 Å². The number of hydrogen-bond donors (Lipinski definition) is 1. The molecule has 4 fully saturated rings. The normalized spacial score (nSPS) is 32.9. The van der Waals surface area contributed by atoms with Gasteiger partial charge in [0.05, 0.1) is 12.3 Å². The van der Waals surface area contributed by atoms with Crippen molar-refractivity contribution in [2.45, 2.75) is 64.0 Å². The Bertz CT molecular complexity index is 729. The summed E-state index contributed by atoms with van der Waals surface area (Å²) in [6, 6.07) is 0.560. The second kappa shape index (κ2) is 8.73. The zero-order valence-corrected chi connectivity index (χ0v) is 20.2. The number of halogens is 1. The first-order chi connectivity index (χ1) is 13.7. The molecule has 162 valence electrons. The lowest BCUT2D eigenvalue weighted by atomic mass is 9.54. The molecule has 4 aliphatic rings. The van der Waals surface area contributed by atoms with E-state index in [0.29, 0.717) is 29.4 Å². The number of ether oxygens (including phenoxy) is 1. The van der Waals surface area contributed by atoms with E-state index in [-0.39, 0.29) is 24.0 Å². The summed E-state index contributed by atoms with van der Waals surface area (Å²) >= 11 is 0. The molecule has 0 aromatic carbocycles. The predicted molar refractivity (Wildman–Crippen MR) is 126 cm³/mol. The van der Waals surface area contributed by atoms with Crippen LogP contribution in [0.5, 0.6) is 0 Å². The number of aryl methyl sites for hydroxylation is 1. The molecule has 29 heavy (non-hydrogen) atoms. The lowest BCUT2D eigenvalue weighted by Gasteiger charge is -2.57. The first-order valence-electron chi connectivity index (χ1n) is 11.3. The van der Waals surface area contributed by atoms with Crippen LogP contribution in [-0.2, 0) is 18.2 Å². The van der Waals surface area contributed by atoms with E-state index in [1.54, 1.807) is 0 Å². The first-order valence-corrected chi connectivity index (χ1v) is 11.3. The molecule has 2 saturated heterocycles. The molecule has 5 rings (SSSR count). The van der Waals surface area contributed by atoms with Crippen LogP contribution < -0.4 is 5.32 Å². The fourth-order valence-corrected chi connectivity index (χ4v) is 6.53. The molecule has 1 N–H and O–H groups in total. The highest BCUT2D eigenvalue weighted by molar-refractivity contribution is 14.0. The number of nitrogens with zero attached hydrogens (tertiary/aromatic N) is 4. The maximum atomic E-state index is 6.17. The summed E-state index contributed by atoms with van der Waals surface area (Å²) < 4.78 is 8.08. The number of aromatic nitrogens is 2. The van der Waals surface area contributed by atoms with Gasteiger partial charge in [0.1, 0.15) is 0 Å². The van der Waals surface area contributed by atoms with E-state index in [9.17, 15) is 0 Å². The molecule has 6 nitrogen and oxygen atoms in total. The molecule has 0 radical (unpaired) electrons. The minimum atomic E-state index is 0. The van der Waals surface area contributed by atoms with E-state index < -0.39 is 0 Å². The van der Waals surface area contributed by atoms with Crippen LogP contribution in [0, 0.1) is 17.3 Å². The van der Waals surface area contributed by atoms with E-state index in [1.807, 2.05) is 17.9 Å². The van der Waals surface area contributed by atoms with Crippen molar-refractivity contribution in [3.8, 4) is 0 Å². The molecule has 1 spiro atoms. The summed E-state index contributed by atoms with van der Waals surface area (Å²) in [6.45, 7) is 6.16. The Morgan fingerprint density at radius 1 is 1.34 bits per heavy atom. The number of nitrogens with one attached hydrogen (secondary N) is 1. The fourth-order valence-electron chi connectivity index (χ4n) is 6.53. The van der Waals surface area contributed by atoms with Gasteiger partial charge in [0.2, 0.25) is 0 Å². The third-order valence-electron chi connectivity index (χ3n) is 7.75. The Morgan fingerprint density at radius 3 is 2.90 bits per heavy atom. The Kier molecular flexibility index (Phi) is 6.44. The molecule has 1 aromatic rings. The quantitative estimate of drug-likeness (QED) is 0.382. The average molecular weight is 513 g/mol. The molecule has 2 aliphatic heterocycles. The van der Waals surface area contributed by atoms with Crippen LogP contribution in [0.15, 0.2) is 17.4 Å². The zero-order chi connectivity index (χ0) is 19.1. The number of hydrogen-bond acceptors (Lipinski definition) is 3. The predicted octanol–water partition coefficient (Wildman–Crippen LogP) is 3.22. The standard InChI is InChI=1S/C22H35N5O.HI/c1-3-23-21(27-10-6-16(15-27)12-17-13-24-26(2)14-17)25-19-18-7-11-28-20(18)22(19)8-4-5-9-22;/h13-14,16,18-20H,3-12,15H2,1-2H3,(H,23,25);1H. The number of guanidine groups is 1. The molecule has 0 amide bonds. The maximum Gasteiger partial charge on any atom is 0.194 e. The Hall–Kier alpha value is -0.830. The summed E-state index contributed by atoms with van der Waals surface area (Å²) in [7, 11) is 2.00. The van der Waals surface area contributed by atoms with Crippen LogP contribution in [0.3, 0.4) is 0 Å². The van der Waals surface area contributed by atoms with Gasteiger partial charge in [-0.15, -0.1) is 24.0 Å². The average Bonchev–Trinajstić information content (AvgIpc) is 3.46. The Morgan fingerprint density at radius 2 is 2.17 bits per heavy atom. The molecule has 2 saturated carbocycles. The van der Waals surface area contributed by atoms with E-state index in [2.05, 4.69) is 28.4 Å².